The summed E-state index contributed by atoms with van der Waals surface area (Å²) in [5.74, 6) is 0. The van der Waals surface area contributed by atoms with Crippen LogP contribution in [0.1, 0.15) is 44.1 Å². The van der Waals surface area contributed by atoms with Gasteiger partial charge in [-0.1, -0.05) is 36.8 Å². The third-order valence-electron chi connectivity index (χ3n) is 5.12. The second kappa shape index (κ2) is 8.34. The van der Waals surface area contributed by atoms with Crippen molar-refractivity contribution in [3.63, 3.8) is 0 Å². The first kappa shape index (κ1) is 16.3. The predicted molar refractivity (Wildman–Crippen MR) is 93.3 cm³/mol. The van der Waals surface area contributed by atoms with Gasteiger partial charge in [-0.05, 0) is 44.2 Å². The quantitative estimate of drug-likeness (QED) is 0.905. The summed E-state index contributed by atoms with van der Waals surface area (Å²) in [5.41, 5.74) is 1.39. The maximum Gasteiger partial charge on any atom is 0.317 e. The van der Waals surface area contributed by atoms with Crippen molar-refractivity contribution in [2.75, 3.05) is 26.2 Å². The molecule has 1 aromatic carbocycles. The summed E-state index contributed by atoms with van der Waals surface area (Å²) < 4.78 is 0. The number of likely N-dealkylation sites (tertiary alicyclic amines) is 2. The molecule has 2 saturated heterocycles. The SMILES string of the molecule is O=C(NCC[C@H]1CCCCN1Cc1ccccc1)N1CCCC1. The number of rotatable bonds is 5. The van der Waals surface area contributed by atoms with Gasteiger partial charge in [-0.25, -0.2) is 4.79 Å². The highest BCUT2D eigenvalue weighted by molar-refractivity contribution is 5.74. The fraction of sp³-hybridized carbons (Fsp3) is 0.632. The minimum atomic E-state index is 0.132. The Morgan fingerprint density at radius 3 is 2.57 bits per heavy atom. The van der Waals surface area contributed by atoms with Gasteiger partial charge < -0.3 is 10.2 Å². The molecule has 0 aliphatic carbocycles. The van der Waals surface area contributed by atoms with Crippen LogP contribution in [0.2, 0.25) is 0 Å². The first-order chi connectivity index (χ1) is 11.3. The lowest BCUT2D eigenvalue weighted by molar-refractivity contribution is 0.131. The molecule has 1 atom stereocenters. The van der Waals surface area contributed by atoms with Crippen molar-refractivity contribution in [2.45, 2.75) is 51.1 Å². The van der Waals surface area contributed by atoms with E-state index >= 15 is 0 Å². The van der Waals surface area contributed by atoms with Gasteiger partial charge in [-0.15, -0.1) is 0 Å². The molecule has 0 radical (unpaired) electrons. The van der Waals surface area contributed by atoms with E-state index in [9.17, 15) is 4.79 Å². The van der Waals surface area contributed by atoms with Crippen molar-refractivity contribution in [3.8, 4) is 0 Å². The Kier molecular flexibility index (Phi) is 5.92. The Bertz CT molecular complexity index is 485. The highest BCUT2D eigenvalue weighted by Gasteiger charge is 2.23. The highest BCUT2D eigenvalue weighted by atomic mass is 16.2. The molecule has 2 amide bonds. The number of carbonyl (C=O) groups excluding carboxylic acids is 1. The molecule has 2 fully saturated rings. The van der Waals surface area contributed by atoms with E-state index in [1.165, 1.54) is 31.4 Å². The van der Waals surface area contributed by atoms with Gasteiger partial charge in [0.1, 0.15) is 0 Å². The average molecular weight is 315 g/mol. The molecular formula is C19H29N3O. The summed E-state index contributed by atoms with van der Waals surface area (Å²) >= 11 is 0. The minimum Gasteiger partial charge on any atom is -0.338 e. The van der Waals surface area contributed by atoms with E-state index in [4.69, 9.17) is 0 Å². The third-order valence-corrected chi connectivity index (χ3v) is 5.12. The number of nitrogens with one attached hydrogen (secondary N) is 1. The summed E-state index contributed by atoms with van der Waals surface area (Å²) in [7, 11) is 0. The molecule has 0 unspecified atom stereocenters. The van der Waals surface area contributed by atoms with E-state index in [1.54, 1.807) is 0 Å². The Balaban J connectivity index is 1.45. The molecule has 126 valence electrons. The highest BCUT2D eigenvalue weighted by Crippen LogP contribution is 2.21. The molecule has 0 bridgehead atoms. The van der Waals surface area contributed by atoms with Crippen molar-refractivity contribution in [3.05, 3.63) is 35.9 Å². The van der Waals surface area contributed by atoms with E-state index < -0.39 is 0 Å². The Morgan fingerprint density at radius 2 is 1.78 bits per heavy atom. The van der Waals surface area contributed by atoms with Crippen molar-refractivity contribution in [1.29, 1.82) is 0 Å². The summed E-state index contributed by atoms with van der Waals surface area (Å²) in [6, 6.07) is 11.5. The van der Waals surface area contributed by atoms with Crippen LogP contribution in [0.25, 0.3) is 0 Å². The van der Waals surface area contributed by atoms with Gasteiger partial charge in [0.05, 0.1) is 0 Å². The molecule has 1 N–H and O–H groups in total. The number of amides is 2. The normalized spacial score (nSPS) is 22.3. The van der Waals surface area contributed by atoms with Crippen LogP contribution in [0.5, 0.6) is 0 Å². The number of piperidine rings is 1. The number of hydrogen-bond acceptors (Lipinski definition) is 2. The van der Waals surface area contributed by atoms with E-state index in [2.05, 4.69) is 40.5 Å². The molecule has 4 nitrogen and oxygen atoms in total. The van der Waals surface area contributed by atoms with Gasteiger partial charge in [0, 0.05) is 32.2 Å². The van der Waals surface area contributed by atoms with E-state index in [1.807, 2.05) is 4.90 Å². The van der Waals surface area contributed by atoms with E-state index in [-0.39, 0.29) is 6.03 Å². The van der Waals surface area contributed by atoms with Crippen LogP contribution in [0.3, 0.4) is 0 Å². The number of urea groups is 1. The average Bonchev–Trinajstić information content (AvgIpc) is 3.12. The molecule has 0 aromatic heterocycles. The molecule has 2 aliphatic heterocycles. The largest absolute Gasteiger partial charge is 0.338 e. The van der Waals surface area contributed by atoms with Crippen LogP contribution in [0.15, 0.2) is 30.3 Å². The first-order valence-corrected chi connectivity index (χ1v) is 9.14. The molecule has 0 saturated carbocycles. The van der Waals surface area contributed by atoms with Gasteiger partial charge in [0.2, 0.25) is 0 Å². The first-order valence-electron chi connectivity index (χ1n) is 9.14. The number of carbonyl (C=O) groups is 1. The fourth-order valence-electron chi connectivity index (χ4n) is 3.79. The molecule has 2 heterocycles. The van der Waals surface area contributed by atoms with E-state index in [0.29, 0.717) is 6.04 Å². The Morgan fingerprint density at radius 1 is 1.04 bits per heavy atom. The van der Waals surface area contributed by atoms with Gasteiger partial charge in [0.25, 0.3) is 0 Å². The van der Waals surface area contributed by atoms with Crippen molar-refractivity contribution in [2.24, 2.45) is 0 Å². The zero-order chi connectivity index (χ0) is 15.9. The van der Waals surface area contributed by atoms with Crippen LogP contribution >= 0.6 is 0 Å². The zero-order valence-corrected chi connectivity index (χ0v) is 14.0. The lowest BCUT2D eigenvalue weighted by Crippen LogP contribution is -2.43. The lowest BCUT2D eigenvalue weighted by Gasteiger charge is -2.36. The molecule has 23 heavy (non-hydrogen) atoms. The summed E-state index contributed by atoms with van der Waals surface area (Å²) in [6.45, 7) is 4.86. The summed E-state index contributed by atoms with van der Waals surface area (Å²) in [5, 5.41) is 3.12. The van der Waals surface area contributed by atoms with E-state index in [0.717, 1.165) is 45.4 Å². The molecule has 2 aliphatic rings. The Labute approximate surface area is 139 Å². The molecule has 1 aromatic rings. The van der Waals surface area contributed by atoms with Crippen molar-refractivity contribution < 1.29 is 4.79 Å². The monoisotopic (exact) mass is 315 g/mol. The van der Waals surface area contributed by atoms with Gasteiger partial charge in [0.15, 0.2) is 0 Å². The molecular weight excluding hydrogens is 286 g/mol. The maximum atomic E-state index is 12.1. The predicted octanol–water partition coefficient (Wildman–Crippen LogP) is 3.24. The molecule has 3 rings (SSSR count). The Hall–Kier alpha value is -1.55. The van der Waals surface area contributed by atoms with Gasteiger partial charge in [-0.2, -0.15) is 0 Å². The topological polar surface area (TPSA) is 35.6 Å². The zero-order valence-electron chi connectivity index (χ0n) is 14.0. The smallest absolute Gasteiger partial charge is 0.317 e. The maximum absolute atomic E-state index is 12.1. The number of benzene rings is 1. The standard InChI is InChI=1S/C19H29N3O/c23-19(21-13-6-7-14-21)20-12-11-18-10-4-5-15-22(18)16-17-8-2-1-3-9-17/h1-3,8-9,18H,4-7,10-16H2,(H,20,23)/t18-/m1/s1. The lowest BCUT2D eigenvalue weighted by atomic mass is 9.98. The third kappa shape index (κ3) is 4.71. The molecule has 0 spiro atoms. The summed E-state index contributed by atoms with van der Waals surface area (Å²) in [6.07, 6.45) is 7.24. The van der Waals surface area contributed by atoms with Crippen LogP contribution in [0, 0.1) is 0 Å². The van der Waals surface area contributed by atoms with Crippen LogP contribution in [0.4, 0.5) is 4.79 Å². The van der Waals surface area contributed by atoms with Crippen LogP contribution in [-0.2, 0) is 6.54 Å². The number of nitrogens with zero attached hydrogens (tertiary/aromatic N) is 2. The summed E-state index contributed by atoms with van der Waals surface area (Å²) in [4.78, 5) is 16.6. The van der Waals surface area contributed by atoms with Crippen molar-refractivity contribution >= 4 is 6.03 Å². The number of hydrogen-bond donors (Lipinski definition) is 1. The minimum absolute atomic E-state index is 0.132. The molecule has 4 heteroatoms. The fourth-order valence-corrected chi connectivity index (χ4v) is 3.79. The van der Waals surface area contributed by atoms with Crippen molar-refractivity contribution in [1.82, 2.24) is 15.1 Å². The second-order valence-electron chi connectivity index (χ2n) is 6.82. The van der Waals surface area contributed by atoms with Gasteiger partial charge >= 0.3 is 6.03 Å². The second-order valence-corrected chi connectivity index (χ2v) is 6.82. The van der Waals surface area contributed by atoms with Crippen LogP contribution < -0.4 is 5.32 Å². The van der Waals surface area contributed by atoms with Crippen LogP contribution in [-0.4, -0.2) is 48.1 Å². The van der Waals surface area contributed by atoms with Gasteiger partial charge in [-0.3, -0.25) is 4.90 Å².